The summed E-state index contributed by atoms with van der Waals surface area (Å²) < 4.78 is 5.50. The van der Waals surface area contributed by atoms with Crippen LogP contribution in [0.2, 0.25) is 0 Å². The van der Waals surface area contributed by atoms with Gasteiger partial charge in [0.15, 0.2) is 6.10 Å². The highest BCUT2D eigenvalue weighted by Gasteiger charge is 2.69. The van der Waals surface area contributed by atoms with Gasteiger partial charge in [-0.1, -0.05) is 33.1 Å². The van der Waals surface area contributed by atoms with E-state index in [1.807, 2.05) is 0 Å². The molecule has 2 aliphatic carbocycles. The van der Waals surface area contributed by atoms with Crippen molar-refractivity contribution in [2.24, 2.45) is 28.9 Å². The van der Waals surface area contributed by atoms with E-state index < -0.39 is 35.8 Å². The van der Waals surface area contributed by atoms with E-state index in [-0.39, 0.29) is 23.2 Å². The number of ether oxygens (including phenoxy) is 1. The predicted octanol–water partition coefficient (Wildman–Crippen LogP) is 1.40. The van der Waals surface area contributed by atoms with Crippen LogP contribution in [0.5, 0.6) is 0 Å². The summed E-state index contributed by atoms with van der Waals surface area (Å²) >= 11 is 0. The first-order valence-corrected chi connectivity index (χ1v) is 10.6. The van der Waals surface area contributed by atoms with E-state index in [1.165, 1.54) is 4.90 Å². The molecule has 164 valence electrons. The number of rotatable bonds is 6. The maximum absolute atomic E-state index is 13.3. The topological polar surface area (TPSA) is 122 Å². The summed E-state index contributed by atoms with van der Waals surface area (Å²) in [6.45, 7) is 10.0. The first-order chi connectivity index (χ1) is 13.3. The van der Waals surface area contributed by atoms with Gasteiger partial charge in [0, 0.05) is 6.54 Å². The van der Waals surface area contributed by atoms with E-state index in [0.29, 0.717) is 18.9 Å². The van der Waals surface area contributed by atoms with Gasteiger partial charge in [-0.05, 0) is 50.4 Å². The van der Waals surface area contributed by atoms with Crippen molar-refractivity contribution in [2.75, 3.05) is 6.54 Å². The normalized spacial score (nSPS) is 30.0. The van der Waals surface area contributed by atoms with E-state index in [4.69, 9.17) is 10.5 Å². The van der Waals surface area contributed by atoms with Gasteiger partial charge in [-0.15, -0.1) is 0 Å². The third kappa shape index (κ3) is 4.37. The zero-order valence-electron chi connectivity index (χ0n) is 18.1. The molecule has 0 radical (unpaired) electrons. The first-order valence-electron chi connectivity index (χ1n) is 10.6. The summed E-state index contributed by atoms with van der Waals surface area (Å²) in [4.78, 5) is 39.0. The van der Waals surface area contributed by atoms with Crippen molar-refractivity contribution < 1.29 is 24.2 Å². The molecule has 0 aromatic heterocycles. The maximum atomic E-state index is 13.3. The molecule has 4 N–H and O–H groups in total. The van der Waals surface area contributed by atoms with Crippen LogP contribution in [0.1, 0.15) is 60.3 Å². The van der Waals surface area contributed by atoms with Gasteiger partial charge in [0.25, 0.3) is 0 Å². The van der Waals surface area contributed by atoms with Gasteiger partial charge < -0.3 is 20.9 Å². The van der Waals surface area contributed by atoms with Crippen molar-refractivity contribution >= 4 is 17.9 Å². The molecule has 1 aliphatic heterocycles. The molecule has 0 spiro atoms. The molecular weight excluding hydrogens is 374 g/mol. The Morgan fingerprint density at radius 2 is 1.90 bits per heavy atom. The van der Waals surface area contributed by atoms with E-state index in [1.54, 1.807) is 20.8 Å². The number of amides is 3. The second kappa shape index (κ2) is 7.45. The molecule has 8 heteroatoms. The lowest BCUT2D eigenvalue weighted by Gasteiger charge is -2.35. The lowest BCUT2D eigenvalue weighted by atomic mass is 9.79. The highest BCUT2D eigenvalue weighted by atomic mass is 16.6. The number of carbonyl (C=O) groups excluding carboxylic acids is 3. The van der Waals surface area contributed by atoms with Crippen molar-refractivity contribution in [1.29, 1.82) is 0 Å². The Morgan fingerprint density at radius 3 is 2.38 bits per heavy atom. The van der Waals surface area contributed by atoms with Crippen molar-refractivity contribution in [3.05, 3.63) is 0 Å². The standard InChI is InChI=1S/C21H35N3O5/c1-20(2,3)29-19(28)24-10-12-14(21(12,4)5)15(24)18(27)23-13(16(25)17(22)26)9-11-7-6-8-11/h11-16,25H,6-10H2,1-5H3,(H2,22,26)(H,23,27)/t12?,13?,14-,15?,16?/m0/s1. The molecule has 0 aromatic rings. The quantitative estimate of drug-likeness (QED) is 0.612. The van der Waals surface area contributed by atoms with Gasteiger partial charge in [-0.25, -0.2) is 4.79 Å². The lowest BCUT2D eigenvalue weighted by molar-refractivity contribution is -0.132. The molecule has 29 heavy (non-hydrogen) atoms. The van der Waals surface area contributed by atoms with E-state index in [2.05, 4.69) is 19.2 Å². The number of hydrogen-bond donors (Lipinski definition) is 3. The SMILES string of the molecule is CC(C)(C)OC(=O)N1CC2[C@@H](C1C(=O)NC(CC1CCC1)C(O)C(N)=O)C2(C)C. The summed E-state index contributed by atoms with van der Waals surface area (Å²) in [5.74, 6) is -0.569. The Morgan fingerprint density at radius 1 is 1.28 bits per heavy atom. The third-order valence-electron chi connectivity index (χ3n) is 6.92. The minimum absolute atomic E-state index is 0.0325. The number of nitrogens with one attached hydrogen (secondary N) is 1. The highest BCUT2D eigenvalue weighted by Crippen LogP contribution is 2.65. The molecular formula is C21H35N3O5. The number of primary amides is 1. The Kier molecular flexibility index (Phi) is 5.62. The van der Waals surface area contributed by atoms with Crippen LogP contribution in [0.4, 0.5) is 4.79 Å². The molecule has 3 fully saturated rings. The Hall–Kier alpha value is -1.83. The average Bonchev–Trinajstić information content (AvgIpc) is 2.92. The Labute approximate surface area is 172 Å². The minimum atomic E-state index is -1.45. The van der Waals surface area contributed by atoms with Crippen LogP contribution < -0.4 is 11.1 Å². The summed E-state index contributed by atoms with van der Waals surface area (Å²) in [7, 11) is 0. The van der Waals surface area contributed by atoms with E-state index in [0.717, 1.165) is 19.3 Å². The largest absolute Gasteiger partial charge is 0.444 e. The van der Waals surface area contributed by atoms with Crippen LogP contribution in [0.15, 0.2) is 0 Å². The van der Waals surface area contributed by atoms with Crippen LogP contribution in [0, 0.1) is 23.2 Å². The summed E-state index contributed by atoms with van der Waals surface area (Å²) in [5.41, 5.74) is 4.61. The predicted molar refractivity (Wildman–Crippen MR) is 107 cm³/mol. The van der Waals surface area contributed by atoms with E-state index >= 15 is 0 Å². The number of nitrogens with two attached hydrogens (primary N) is 1. The summed E-state index contributed by atoms with van der Waals surface area (Å²) in [6, 6.07) is -1.42. The van der Waals surface area contributed by atoms with Crippen LogP contribution in [-0.4, -0.2) is 58.2 Å². The van der Waals surface area contributed by atoms with Gasteiger partial charge in [-0.2, -0.15) is 0 Å². The fourth-order valence-corrected chi connectivity index (χ4v) is 4.92. The second-order valence-corrected chi connectivity index (χ2v) is 10.5. The fourth-order valence-electron chi connectivity index (χ4n) is 4.92. The molecule has 1 heterocycles. The number of hydrogen-bond acceptors (Lipinski definition) is 5. The van der Waals surface area contributed by atoms with Gasteiger partial charge in [0.2, 0.25) is 11.8 Å². The number of carbonyl (C=O) groups is 3. The molecule has 3 rings (SSSR count). The monoisotopic (exact) mass is 409 g/mol. The van der Waals surface area contributed by atoms with Crippen molar-refractivity contribution in [2.45, 2.75) is 84.1 Å². The molecule has 0 bridgehead atoms. The van der Waals surface area contributed by atoms with Crippen LogP contribution >= 0.6 is 0 Å². The number of fused-ring (bicyclic) bond motifs is 1. The zero-order chi connectivity index (χ0) is 21.7. The molecule has 1 saturated heterocycles. The number of piperidine rings is 1. The van der Waals surface area contributed by atoms with Gasteiger partial charge in [0.1, 0.15) is 11.6 Å². The molecule has 5 atom stereocenters. The molecule has 3 aliphatic rings. The minimum Gasteiger partial charge on any atom is -0.444 e. The first kappa shape index (κ1) is 21.9. The summed E-state index contributed by atoms with van der Waals surface area (Å²) in [6.07, 6.45) is 1.70. The smallest absolute Gasteiger partial charge is 0.410 e. The Bertz CT molecular complexity index is 682. The number of aliphatic hydroxyl groups excluding tert-OH is 1. The number of aliphatic hydroxyl groups is 1. The van der Waals surface area contributed by atoms with Gasteiger partial charge in [0.05, 0.1) is 6.04 Å². The summed E-state index contributed by atoms with van der Waals surface area (Å²) in [5, 5.41) is 13.1. The van der Waals surface area contributed by atoms with E-state index in [9.17, 15) is 19.5 Å². The second-order valence-electron chi connectivity index (χ2n) is 10.5. The van der Waals surface area contributed by atoms with Crippen molar-refractivity contribution in [1.82, 2.24) is 10.2 Å². The van der Waals surface area contributed by atoms with Crippen LogP contribution in [0.3, 0.4) is 0 Å². The third-order valence-corrected chi connectivity index (χ3v) is 6.92. The van der Waals surface area contributed by atoms with Crippen molar-refractivity contribution in [3.8, 4) is 0 Å². The van der Waals surface area contributed by atoms with Crippen LogP contribution in [0.25, 0.3) is 0 Å². The molecule has 4 unspecified atom stereocenters. The Balaban J connectivity index is 1.75. The van der Waals surface area contributed by atoms with Crippen molar-refractivity contribution in [3.63, 3.8) is 0 Å². The van der Waals surface area contributed by atoms with Crippen LogP contribution in [-0.2, 0) is 14.3 Å². The highest BCUT2D eigenvalue weighted by molar-refractivity contribution is 5.89. The molecule has 8 nitrogen and oxygen atoms in total. The molecule has 2 saturated carbocycles. The number of nitrogens with zero attached hydrogens (tertiary/aromatic N) is 1. The molecule has 3 amide bonds. The van der Waals surface area contributed by atoms with Gasteiger partial charge >= 0.3 is 6.09 Å². The van der Waals surface area contributed by atoms with Gasteiger partial charge in [-0.3, -0.25) is 14.5 Å². The lowest BCUT2D eigenvalue weighted by Crippen LogP contribution is -2.57. The number of likely N-dealkylation sites (tertiary alicyclic amines) is 1. The zero-order valence-corrected chi connectivity index (χ0v) is 18.1. The maximum Gasteiger partial charge on any atom is 0.410 e. The fraction of sp³-hybridized carbons (Fsp3) is 0.857. The average molecular weight is 410 g/mol. The molecule has 0 aromatic carbocycles.